The highest BCUT2D eigenvalue weighted by atomic mass is 16.2. The lowest BCUT2D eigenvalue weighted by molar-refractivity contribution is -0.133. The van der Waals surface area contributed by atoms with Crippen molar-refractivity contribution in [2.75, 3.05) is 24.5 Å². The first-order valence-corrected chi connectivity index (χ1v) is 12.0. The SMILES string of the molecule is Cc1ccc([C@H](C)C(=O)N2CCC[C@@H]2c2c(-c3ccnc(N4CCCC4)n3)cnn2C)cc1. The fourth-order valence-electron chi connectivity index (χ4n) is 5.17. The topological polar surface area (TPSA) is 67.2 Å². The summed E-state index contributed by atoms with van der Waals surface area (Å²) in [5.74, 6) is 0.782. The van der Waals surface area contributed by atoms with Crippen LogP contribution in [0.5, 0.6) is 0 Å². The van der Waals surface area contributed by atoms with Crippen LogP contribution in [0.25, 0.3) is 11.3 Å². The number of anilines is 1. The maximum Gasteiger partial charge on any atom is 0.230 e. The smallest absolute Gasteiger partial charge is 0.230 e. The van der Waals surface area contributed by atoms with Gasteiger partial charge in [0, 0.05) is 38.4 Å². The fourth-order valence-corrected chi connectivity index (χ4v) is 5.17. The van der Waals surface area contributed by atoms with Crippen LogP contribution in [0.2, 0.25) is 0 Å². The Balaban J connectivity index is 1.45. The van der Waals surface area contributed by atoms with Gasteiger partial charge in [-0.25, -0.2) is 9.97 Å². The minimum atomic E-state index is -0.177. The normalized spacial score (nSPS) is 19.3. The number of likely N-dealkylation sites (tertiary alicyclic amines) is 1. The Bertz CT molecular complexity index is 1130. The molecule has 2 aliphatic rings. The molecular weight excluding hydrogens is 412 g/mol. The van der Waals surface area contributed by atoms with Crippen LogP contribution < -0.4 is 4.90 Å². The van der Waals surface area contributed by atoms with Crippen molar-refractivity contribution in [1.29, 1.82) is 0 Å². The molecule has 0 bridgehead atoms. The summed E-state index contributed by atoms with van der Waals surface area (Å²) < 4.78 is 1.92. The summed E-state index contributed by atoms with van der Waals surface area (Å²) in [5, 5.41) is 4.58. The van der Waals surface area contributed by atoms with E-state index in [2.05, 4.69) is 46.2 Å². The molecule has 2 atom stereocenters. The maximum absolute atomic E-state index is 13.6. The van der Waals surface area contributed by atoms with Gasteiger partial charge in [-0.2, -0.15) is 5.10 Å². The molecule has 5 rings (SSSR count). The Morgan fingerprint density at radius 2 is 1.82 bits per heavy atom. The van der Waals surface area contributed by atoms with Crippen molar-refractivity contribution in [2.24, 2.45) is 7.05 Å². The first kappa shape index (κ1) is 21.6. The number of aryl methyl sites for hydroxylation is 2. The van der Waals surface area contributed by atoms with Gasteiger partial charge >= 0.3 is 0 Å². The number of aromatic nitrogens is 4. The molecule has 0 aliphatic carbocycles. The quantitative estimate of drug-likeness (QED) is 0.588. The average molecular weight is 445 g/mol. The number of amides is 1. The van der Waals surface area contributed by atoms with Crippen LogP contribution in [-0.4, -0.2) is 50.2 Å². The molecule has 33 heavy (non-hydrogen) atoms. The van der Waals surface area contributed by atoms with Crippen LogP contribution in [0.4, 0.5) is 5.95 Å². The molecule has 7 nitrogen and oxygen atoms in total. The molecular formula is C26H32N6O. The second-order valence-electron chi connectivity index (χ2n) is 9.33. The monoisotopic (exact) mass is 444 g/mol. The lowest BCUT2D eigenvalue weighted by Gasteiger charge is -2.28. The molecule has 172 valence electrons. The fraction of sp³-hybridized carbons (Fsp3) is 0.462. The summed E-state index contributed by atoms with van der Waals surface area (Å²) >= 11 is 0. The zero-order chi connectivity index (χ0) is 22.9. The van der Waals surface area contributed by atoms with Crippen molar-refractivity contribution < 1.29 is 4.79 Å². The van der Waals surface area contributed by atoms with Gasteiger partial charge in [0.15, 0.2) is 0 Å². The van der Waals surface area contributed by atoms with E-state index in [4.69, 9.17) is 4.98 Å². The minimum absolute atomic E-state index is 0.00176. The molecule has 0 spiro atoms. The molecule has 2 aliphatic heterocycles. The number of hydrogen-bond acceptors (Lipinski definition) is 5. The van der Waals surface area contributed by atoms with Crippen LogP contribution in [0, 0.1) is 6.92 Å². The van der Waals surface area contributed by atoms with Crippen molar-refractivity contribution in [3.05, 3.63) is 59.5 Å². The number of hydrogen-bond donors (Lipinski definition) is 0. The van der Waals surface area contributed by atoms with E-state index in [-0.39, 0.29) is 17.9 Å². The van der Waals surface area contributed by atoms with E-state index < -0.39 is 0 Å². The number of carbonyl (C=O) groups excluding carboxylic acids is 1. The van der Waals surface area contributed by atoms with E-state index in [0.717, 1.165) is 60.9 Å². The summed E-state index contributed by atoms with van der Waals surface area (Å²) in [7, 11) is 1.96. The third-order valence-electron chi connectivity index (χ3n) is 7.09. The molecule has 4 heterocycles. The van der Waals surface area contributed by atoms with Crippen molar-refractivity contribution >= 4 is 11.9 Å². The van der Waals surface area contributed by atoms with Gasteiger partial charge in [0.05, 0.1) is 29.5 Å². The lowest BCUT2D eigenvalue weighted by Crippen LogP contribution is -2.34. The Labute approximate surface area is 195 Å². The summed E-state index contributed by atoms with van der Waals surface area (Å²) in [4.78, 5) is 27.3. The highest BCUT2D eigenvalue weighted by Crippen LogP contribution is 2.39. The zero-order valence-corrected chi connectivity index (χ0v) is 19.7. The Morgan fingerprint density at radius 3 is 2.58 bits per heavy atom. The van der Waals surface area contributed by atoms with Crippen molar-refractivity contribution in [1.82, 2.24) is 24.6 Å². The number of nitrogens with zero attached hydrogens (tertiary/aromatic N) is 6. The van der Waals surface area contributed by atoms with Gasteiger partial charge in [0.1, 0.15) is 0 Å². The summed E-state index contributed by atoms with van der Waals surface area (Å²) in [6.45, 7) is 6.86. The van der Waals surface area contributed by atoms with Gasteiger partial charge in [0.25, 0.3) is 0 Å². The molecule has 2 aromatic heterocycles. The van der Waals surface area contributed by atoms with E-state index in [1.54, 1.807) is 0 Å². The molecule has 1 aromatic carbocycles. The lowest BCUT2D eigenvalue weighted by atomic mass is 9.97. The van der Waals surface area contributed by atoms with E-state index in [1.165, 1.54) is 18.4 Å². The predicted molar refractivity (Wildman–Crippen MR) is 129 cm³/mol. The Hall–Kier alpha value is -3.22. The first-order valence-electron chi connectivity index (χ1n) is 12.0. The first-order chi connectivity index (χ1) is 16.0. The molecule has 0 radical (unpaired) electrons. The molecule has 0 unspecified atom stereocenters. The van der Waals surface area contributed by atoms with Gasteiger partial charge in [-0.1, -0.05) is 29.8 Å². The van der Waals surface area contributed by atoms with Gasteiger partial charge in [-0.05, 0) is 51.2 Å². The molecule has 2 saturated heterocycles. The van der Waals surface area contributed by atoms with Crippen LogP contribution in [0.1, 0.15) is 61.4 Å². The zero-order valence-electron chi connectivity index (χ0n) is 19.7. The van der Waals surface area contributed by atoms with Crippen molar-refractivity contribution in [2.45, 2.75) is 51.5 Å². The summed E-state index contributed by atoms with van der Waals surface area (Å²) in [6.07, 6.45) is 8.01. The third kappa shape index (κ3) is 4.12. The van der Waals surface area contributed by atoms with E-state index in [0.29, 0.717) is 0 Å². The second-order valence-corrected chi connectivity index (χ2v) is 9.33. The highest BCUT2D eigenvalue weighted by molar-refractivity contribution is 5.84. The second kappa shape index (κ2) is 8.96. The van der Waals surface area contributed by atoms with Crippen molar-refractivity contribution in [3.63, 3.8) is 0 Å². The largest absolute Gasteiger partial charge is 0.341 e. The highest BCUT2D eigenvalue weighted by Gasteiger charge is 2.36. The number of benzene rings is 1. The summed E-state index contributed by atoms with van der Waals surface area (Å²) in [5.41, 5.74) is 5.19. The standard InChI is InChI=1S/C26H32N6O/c1-18-8-10-20(11-9-18)19(2)25(33)32-16-6-7-23(32)24-21(17-28-30(24)3)22-12-13-27-26(29-22)31-14-4-5-15-31/h8-13,17,19,23H,4-7,14-16H2,1-3H3/t19-,23+/m0/s1. The molecule has 1 amide bonds. The average Bonchev–Trinajstić information content (AvgIpc) is 3.59. The van der Waals surface area contributed by atoms with Gasteiger partial charge in [-0.3, -0.25) is 9.48 Å². The number of carbonyl (C=O) groups is 1. The Kier molecular flexibility index (Phi) is 5.87. The van der Waals surface area contributed by atoms with E-state index in [1.807, 2.05) is 42.0 Å². The van der Waals surface area contributed by atoms with Crippen LogP contribution in [0.3, 0.4) is 0 Å². The maximum atomic E-state index is 13.6. The van der Waals surface area contributed by atoms with E-state index in [9.17, 15) is 4.79 Å². The van der Waals surface area contributed by atoms with E-state index >= 15 is 0 Å². The molecule has 7 heteroatoms. The Morgan fingerprint density at radius 1 is 1.06 bits per heavy atom. The van der Waals surface area contributed by atoms with Gasteiger partial charge < -0.3 is 9.80 Å². The molecule has 2 fully saturated rings. The minimum Gasteiger partial charge on any atom is -0.341 e. The summed E-state index contributed by atoms with van der Waals surface area (Å²) in [6, 6.07) is 10.2. The van der Waals surface area contributed by atoms with Gasteiger partial charge in [-0.15, -0.1) is 0 Å². The predicted octanol–water partition coefficient (Wildman–Crippen LogP) is 4.25. The van der Waals surface area contributed by atoms with Gasteiger partial charge in [0.2, 0.25) is 11.9 Å². The third-order valence-corrected chi connectivity index (χ3v) is 7.09. The molecule has 0 saturated carbocycles. The van der Waals surface area contributed by atoms with Crippen molar-refractivity contribution in [3.8, 4) is 11.3 Å². The molecule has 0 N–H and O–H groups in total. The van der Waals surface area contributed by atoms with Crippen LogP contribution >= 0.6 is 0 Å². The van der Waals surface area contributed by atoms with Crippen LogP contribution in [0.15, 0.2) is 42.7 Å². The van der Waals surface area contributed by atoms with Crippen LogP contribution in [-0.2, 0) is 11.8 Å². The molecule has 3 aromatic rings. The number of rotatable bonds is 5.